The first-order valence-electron chi connectivity index (χ1n) is 10.7. The number of nitrogens with zero attached hydrogens (tertiary/aromatic N) is 2. The average Bonchev–Trinajstić information content (AvgIpc) is 2.83. The molecule has 3 aromatic rings. The van der Waals surface area contributed by atoms with Crippen molar-refractivity contribution in [2.45, 2.75) is 22.4 Å². The van der Waals surface area contributed by atoms with Crippen molar-refractivity contribution in [1.29, 1.82) is 0 Å². The molecule has 31 heavy (non-hydrogen) atoms. The van der Waals surface area contributed by atoms with E-state index in [0.717, 1.165) is 42.5 Å². The number of piperazine rings is 1. The number of hydrogen-bond acceptors (Lipinski definition) is 5. The van der Waals surface area contributed by atoms with E-state index in [1.807, 2.05) is 12.5 Å². The monoisotopic (exact) mass is 450 g/mol. The van der Waals surface area contributed by atoms with Crippen LogP contribution < -0.4 is 0 Å². The van der Waals surface area contributed by atoms with Crippen LogP contribution >= 0.6 is 23.5 Å². The molecular formula is C26H30N2OS2. The first-order chi connectivity index (χ1) is 15.2. The van der Waals surface area contributed by atoms with Crippen molar-refractivity contribution < 1.29 is 5.11 Å². The number of phenolic OH excluding ortho intramolecular Hbond substituents is 1. The first kappa shape index (κ1) is 22.3. The molecule has 1 fully saturated rings. The largest absolute Gasteiger partial charge is 0.506 e. The molecule has 0 bridgehead atoms. The second-order valence-corrected chi connectivity index (χ2v) is 9.58. The number of aromatic hydroxyl groups is 1. The van der Waals surface area contributed by atoms with E-state index in [2.05, 4.69) is 82.6 Å². The zero-order valence-corrected chi connectivity index (χ0v) is 19.8. The van der Waals surface area contributed by atoms with Crippen LogP contribution in [0.3, 0.4) is 0 Å². The lowest BCUT2D eigenvalue weighted by Crippen LogP contribution is -2.47. The summed E-state index contributed by atoms with van der Waals surface area (Å²) in [7, 11) is 0. The van der Waals surface area contributed by atoms with Crippen LogP contribution in [-0.2, 0) is 6.54 Å². The van der Waals surface area contributed by atoms with Gasteiger partial charge in [-0.3, -0.25) is 9.80 Å². The second-order valence-electron chi connectivity index (χ2n) is 7.88. The molecule has 5 heteroatoms. The molecule has 0 saturated carbocycles. The normalized spacial score (nSPS) is 15.5. The van der Waals surface area contributed by atoms with Gasteiger partial charge in [0.05, 0.1) is 15.8 Å². The van der Waals surface area contributed by atoms with Gasteiger partial charge in [-0.15, -0.1) is 23.5 Å². The van der Waals surface area contributed by atoms with Crippen molar-refractivity contribution in [3.63, 3.8) is 0 Å². The van der Waals surface area contributed by atoms with Gasteiger partial charge < -0.3 is 5.11 Å². The van der Waals surface area contributed by atoms with Crippen LogP contribution in [0.5, 0.6) is 5.75 Å². The molecule has 162 valence electrons. The molecule has 3 aromatic carbocycles. The molecule has 0 amide bonds. The highest BCUT2D eigenvalue weighted by Crippen LogP contribution is 2.37. The molecule has 1 saturated heterocycles. The maximum Gasteiger partial charge on any atom is 0.142 e. The molecule has 1 N–H and O–H groups in total. The molecule has 1 aliphatic heterocycles. The highest BCUT2D eigenvalue weighted by molar-refractivity contribution is 7.99. The highest BCUT2D eigenvalue weighted by atomic mass is 32.2. The summed E-state index contributed by atoms with van der Waals surface area (Å²) in [6.07, 6.45) is 4.05. The number of thioether (sulfide) groups is 2. The number of phenols is 1. The zero-order chi connectivity index (χ0) is 21.6. The van der Waals surface area contributed by atoms with E-state index in [4.69, 9.17) is 0 Å². The van der Waals surface area contributed by atoms with E-state index in [0.29, 0.717) is 11.8 Å². The quantitative estimate of drug-likeness (QED) is 0.463. The van der Waals surface area contributed by atoms with Crippen LogP contribution in [0.25, 0.3) is 0 Å². The average molecular weight is 451 g/mol. The molecule has 0 aromatic heterocycles. The molecule has 3 nitrogen and oxygen atoms in total. The van der Waals surface area contributed by atoms with E-state index < -0.39 is 0 Å². The number of rotatable bonds is 7. The Bertz CT molecular complexity index is 909. The zero-order valence-electron chi connectivity index (χ0n) is 18.2. The summed E-state index contributed by atoms with van der Waals surface area (Å²) in [5.74, 6) is 0.419. The number of benzene rings is 3. The van der Waals surface area contributed by atoms with E-state index in [1.54, 1.807) is 23.5 Å². The molecular weight excluding hydrogens is 420 g/mol. The lowest BCUT2D eigenvalue weighted by molar-refractivity contribution is 0.105. The molecule has 1 aliphatic rings. The SMILES string of the molecule is CSc1cc(CN2CCN(C(c3ccccc3)c3ccccc3)CC2)cc(SC)c1O. The van der Waals surface area contributed by atoms with Gasteiger partial charge in [-0.1, -0.05) is 60.7 Å². The molecule has 0 atom stereocenters. The van der Waals surface area contributed by atoms with Gasteiger partial charge in [0, 0.05) is 32.7 Å². The minimum Gasteiger partial charge on any atom is -0.506 e. The predicted molar refractivity (Wildman–Crippen MR) is 133 cm³/mol. The Morgan fingerprint density at radius 1 is 0.774 bits per heavy atom. The first-order valence-corrected chi connectivity index (χ1v) is 13.1. The molecule has 0 unspecified atom stereocenters. The van der Waals surface area contributed by atoms with Gasteiger partial charge >= 0.3 is 0 Å². The molecule has 0 radical (unpaired) electrons. The summed E-state index contributed by atoms with van der Waals surface area (Å²) >= 11 is 3.22. The van der Waals surface area contributed by atoms with Gasteiger partial charge in [0.2, 0.25) is 0 Å². The maximum atomic E-state index is 10.4. The molecule has 0 aliphatic carbocycles. The lowest BCUT2D eigenvalue weighted by Gasteiger charge is -2.40. The topological polar surface area (TPSA) is 26.7 Å². The Morgan fingerprint density at radius 3 is 1.71 bits per heavy atom. The molecule has 4 rings (SSSR count). The third-order valence-corrected chi connectivity index (χ3v) is 7.45. The maximum absolute atomic E-state index is 10.4. The highest BCUT2D eigenvalue weighted by Gasteiger charge is 2.26. The smallest absolute Gasteiger partial charge is 0.142 e. The summed E-state index contributed by atoms with van der Waals surface area (Å²) in [5, 5.41) is 10.4. The van der Waals surface area contributed by atoms with Gasteiger partial charge in [0.1, 0.15) is 5.75 Å². The van der Waals surface area contributed by atoms with Crippen LogP contribution in [0.1, 0.15) is 22.7 Å². The fourth-order valence-corrected chi connectivity index (χ4v) is 5.57. The van der Waals surface area contributed by atoms with Crippen LogP contribution in [0.15, 0.2) is 82.6 Å². The Kier molecular flexibility index (Phi) is 7.62. The standard InChI is InChI=1S/C26H30N2OS2/c1-30-23-17-20(18-24(31-2)26(23)29)19-27-13-15-28(16-14-27)25(21-9-5-3-6-10-21)22-11-7-4-8-12-22/h3-12,17-18,25,29H,13-16,19H2,1-2H3. The van der Waals surface area contributed by atoms with Gasteiger partial charge in [-0.2, -0.15) is 0 Å². The Labute approximate surface area is 194 Å². The summed E-state index contributed by atoms with van der Waals surface area (Å²) in [6.45, 7) is 5.09. The van der Waals surface area contributed by atoms with Gasteiger partial charge in [0.25, 0.3) is 0 Å². The van der Waals surface area contributed by atoms with E-state index >= 15 is 0 Å². The van der Waals surface area contributed by atoms with Crippen molar-refractivity contribution in [2.24, 2.45) is 0 Å². The second kappa shape index (κ2) is 10.6. The Hall–Kier alpha value is -1.92. The van der Waals surface area contributed by atoms with Crippen LogP contribution in [0, 0.1) is 0 Å². The van der Waals surface area contributed by atoms with Gasteiger partial charge in [0.15, 0.2) is 0 Å². The van der Waals surface area contributed by atoms with Crippen molar-refractivity contribution in [1.82, 2.24) is 9.80 Å². The summed E-state index contributed by atoms with van der Waals surface area (Å²) < 4.78 is 0. The third kappa shape index (κ3) is 5.29. The van der Waals surface area contributed by atoms with E-state index in [-0.39, 0.29) is 0 Å². The van der Waals surface area contributed by atoms with Crippen LogP contribution in [-0.4, -0.2) is 53.6 Å². The number of hydrogen-bond donors (Lipinski definition) is 1. The van der Waals surface area contributed by atoms with Gasteiger partial charge in [-0.05, 0) is 41.3 Å². The minimum absolute atomic E-state index is 0.296. The van der Waals surface area contributed by atoms with Gasteiger partial charge in [-0.25, -0.2) is 0 Å². The van der Waals surface area contributed by atoms with Crippen molar-refractivity contribution in [3.05, 3.63) is 89.5 Å². The van der Waals surface area contributed by atoms with Crippen molar-refractivity contribution in [2.75, 3.05) is 38.7 Å². The summed E-state index contributed by atoms with van der Waals surface area (Å²) in [6, 6.07) is 26.3. The summed E-state index contributed by atoms with van der Waals surface area (Å²) in [4.78, 5) is 7.07. The fraction of sp³-hybridized carbons (Fsp3) is 0.308. The van der Waals surface area contributed by atoms with E-state index in [9.17, 15) is 5.11 Å². The van der Waals surface area contributed by atoms with Crippen LogP contribution in [0.2, 0.25) is 0 Å². The Morgan fingerprint density at radius 2 is 1.26 bits per heavy atom. The molecule has 0 spiro atoms. The van der Waals surface area contributed by atoms with Crippen molar-refractivity contribution in [3.8, 4) is 5.75 Å². The van der Waals surface area contributed by atoms with Crippen LogP contribution in [0.4, 0.5) is 0 Å². The predicted octanol–water partition coefficient (Wildman–Crippen LogP) is 5.74. The molecule has 1 heterocycles. The lowest BCUT2D eigenvalue weighted by atomic mass is 9.96. The van der Waals surface area contributed by atoms with E-state index in [1.165, 1.54) is 16.7 Å². The van der Waals surface area contributed by atoms with Crippen molar-refractivity contribution >= 4 is 23.5 Å². The third-order valence-electron chi connectivity index (χ3n) is 5.95. The Balaban J connectivity index is 1.47. The fourth-order valence-electron chi connectivity index (χ4n) is 4.36. The summed E-state index contributed by atoms with van der Waals surface area (Å²) in [5.41, 5.74) is 3.99. The minimum atomic E-state index is 0.296.